The lowest BCUT2D eigenvalue weighted by Crippen LogP contribution is -2.54. The van der Waals surface area contributed by atoms with Crippen molar-refractivity contribution in [1.82, 2.24) is 10.2 Å². The van der Waals surface area contributed by atoms with Crippen LogP contribution in [0.15, 0.2) is 0 Å². The van der Waals surface area contributed by atoms with Gasteiger partial charge in [-0.1, -0.05) is 6.92 Å². The lowest BCUT2D eigenvalue weighted by Gasteiger charge is -2.48. The first-order valence-corrected chi connectivity index (χ1v) is 8.34. The summed E-state index contributed by atoms with van der Waals surface area (Å²) in [5.41, 5.74) is 0.263. The topological polar surface area (TPSA) is 15.3 Å². The summed E-state index contributed by atoms with van der Waals surface area (Å²) in [6.45, 7) is 10.4. The molecule has 0 spiro atoms. The van der Waals surface area contributed by atoms with E-state index in [1.54, 1.807) is 0 Å². The predicted octanol–water partition coefficient (Wildman–Crippen LogP) is 3.66. The van der Waals surface area contributed by atoms with Gasteiger partial charge in [-0.05, 0) is 84.7 Å². The molecule has 0 aromatic rings. The Morgan fingerprint density at radius 2 is 1.63 bits per heavy atom. The Morgan fingerprint density at radius 3 is 2.11 bits per heavy atom. The molecule has 2 aliphatic carbocycles. The van der Waals surface area contributed by atoms with Crippen molar-refractivity contribution in [1.29, 1.82) is 0 Å². The first kappa shape index (κ1) is 15.3. The lowest BCUT2D eigenvalue weighted by molar-refractivity contribution is 0.0289. The molecule has 2 rings (SSSR count). The minimum atomic E-state index is 0.263. The van der Waals surface area contributed by atoms with Crippen molar-refractivity contribution in [2.24, 2.45) is 11.8 Å². The fourth-order valence-corrected chi connectivity index (χ4v) is 3.68. The van der Waals surface area contributed by atoms with Crippen molar-refractivity contribution in [3.05, 3.63) is 0 Å². The van der Waals surface area contributed by atoms with Crippen LogP contribution in [0.2, 0.25) is 0 Å². The van der Waals surface area contributed by atoms with Crippen LogP contribution >= 0.6 is 0 Å². The molecule has 0 radical (unpaired) electrons. The van der Waals surface area contributed by atoms with Gasteiger partial charge in [0.05, 0.1) is 0 Å². The normalized spacial score (nSPS) is 36.3. The van der Waals surface area contributed by atoms with Crippen molar-refractivity contribution >= 4 is 0 Å². The van der Waals surface area contributed by atoms with Gasteiger partial charge in [0.2, 0.25) is 0 Å². The molecule has 2 saturated carbocycles. The SMILES string of the molecule is CC1CCC(N(C)C2CCC2CNC(C)(C)C)CC1. The maximum absolute atomic E-state index is 3.69. The molecule has 0 amide bonds. The van der Waals surface area contributed by atoms with Crippen LogP contribution in [0.5, 0.6) is 0 Å². The second kappa shape index (κ2) is 6.13. The minimum Gasteiger partial charge on any atom is -0.312 e. The molecular weight excluding hydrogens is 232 g/mol. The summed E-state index contributed by atoms with van der Waals surface area (Å²) in [7, 11) is 2.38. The average molecular weight is 266 g/mol. The van der Waals surface area contributed by atoms with E-state index >= 15 is 0 Å². The predicted molar refractivity (Wildman–Crippen MR) is 83.5 cm³/mol. The maximum Gasteiger partial charge on any atom is 0.0136 e. The summed E-state index contributed by atoms with van der Waals surface area (Å²) in [4.78, 5) is 2.73. The van der Waals surface area contributed by atoms with Crippen LogP contribution in [0, 0.1) is 11.8 Å². The Kier molecular flexibility index (Phi) is 4.94. The van der Waals surface area contributed by atoms with Crippen LogP contribution in [-0.2, 0) is 0 Å². The molecule has 2 unspecified atom stereocenters. The Balaban J connectivity index is 1.78. The molecule has 0 bridgehead atoms. The van der Waals surface area contributed by atoms with Crippen molar-refractivity contribution in [3.63, 3.8) is 0 Å². The highest BCUT2D eigenvalue weighted by Crippen LogP contribution is 2.36. The summed E-state index contributed by atoms with van der Waals surface area (Å²) >= 11 is 0. The molecule has 0 aliphatic heterocycles. The molecule has 2 aliphatic rings. The number of hydrogen-bond acceptors (Lipinski definition) is 2. The van der Waals surface area contributed by atoms with Gasteiger partial charge in [0, 0.05) is 17.6 Å². The third-order valence-electron chi connectivity index (χ3n) is 5.36. The highest BCUT2D eigenvalue weighted by atomic mass is 15.2. The molecule has 1 N–H and O–H groups in total. The Morgan fingerprint density at radius 1 is 1.00 bits per heavy atom. The van der Waals surface area contributed by atoms with E-state index in [-0.39, 0.29) is 5.54 Å². The zero-order valence-electron chi connectivity index (χ0n) is 13.7. The van der Waals surface area contributed by atoms with Crippen LogP contribution in [0.3, 0.4) is 0 Å². The van der Waals surface area contributed by atoms with Gasteiger partial charge in [0.25, 0.3) is 0 Å². The molecule has 0 aromatic carbocycles. The molecule has 112 valence electrons. The monoisotopic (exact) mass is 266 g/mol. The third kappa shape index (κ3) is 4.19. The highest BCUT2D eigenvalue weighted by molar-refractivity contribution is 4.93. The van der Waals surface area contributed by atoms with Gasteiger partial charge < -0.3 is 10.2 Å². The van der Waals surface area contributed by atoms with E-state index in [1.807, 2.05) is 0 Å². The molecule has 0 aromatic heterocycles. The number of rotatable bonds is 4. The quantitative estimate of drug-likeness (QED) is 0.835. The average Bonchev–Trinajstić information content (AvgIpc) is 2.26. The van der Waals surface area contributed by atoms with Gasteiger partial charge in [0.1, 0.15) is 0 Å². The molecule has 19 heavy (non-hydrogen) atoms. The molecule has 2 heteroatoms. The van der Waals surface area contributed by atoms with E-state index in [0.29, 0.717) is 0 Å². The summed E-state index contributed by atoms with van der Waals surface area (Å²) in [6, 6.07) is 1.70. The van der Waals surface area contributed by atoms with Gasteiger partial charge in [-0.25, -0.2) is 0 Å². The van der Waals surface area contributed by atoms with E-state index in [1.165, 1.54) is 45.1 Å². The van der Waals surface area contributed by atoms with E-state index in [2.05, 4.69) is 45.0 Å². The van der Waals surface area contributed by atoms with Crippen LogP contribution in [-0.4, -0.2) is 36.1 Å². The van der Waals surface area contributed by atoms with Gasteiger partial charge in [-0.3, -0.25) is 0 Å². The zero-order chi connectivity index (χ0) is 14.0. The molecular formula is C17H34N2. The third-order valence-corrected chi connectivity index (χ3v) is 5.36. The highest BCUT2D eigenvalue weighted by Gasteiger charge is 2.37. The fourth-order valence-electron chi connectivity index (χ4n) is 3.68. The van der Waals surface area contributed by atoms with E-state index < -0.39 is 0 Å². The largest absolute Gasteiger partial charge is 0.312 e. The maximum atomic E-state index is 3.69. The van der Waals surface area contributed by atoms with Crippen LogP contribution in [0.1, 0.15) is 66.2 Å². The van der Waals surface area contributed by atoms with Crippen molar-refractivity contribution < 1.29 is 0 Å². The molecule has 0 saturated heterocycles. The second-order valence-electron chi connectivity index (χ2n) is 8.11. The lowest BCUT2D eigenvalue weighted by atomic mass is 9.76. The van der Waals surface area contributed by atoms with Crippen molar-refractivity contribution in [2.45, 2.75) is 83.8 Å². The number of nitrogens with one attached hydrogen (secondary N) is 1. The fraction of sp³-hybridized carbons (Fsp3) is 1.00. The van der Waals surface area contributed by atoms with Crippen molar-refractivity contribution in [3.8, 4) is 0 Å². The summed E-state index contributed by atoms with van der Waals surface area (Å²) in [5.74, 6) is 1.84. The van der Waals surface area contributed by atoms with Crippen molar-refractivity contribution in [2.75, 3.05) is 13.6 Å². The summed E-state index contributed by atoms with van der Waals surface area (Å²) < 4.78 is 0. The first-order valence-electron chi connectivity index (χ1n) is 8.34. The molecule has 0 heterocycles. The van der Waals surface area contributed by atoms with Crippen LogP contribution in [0.25, 0.3) is 0 Å². The first-order chi connectivity index (χ1) is 8.87. The molecule has 2 fully saturated rings. The molecule has 2 nitrogen and oxygen atoms in total. The summed E-state index contributed by atoms with van der Waals surface area (Å²) in [6.07, 6.45) is 8.56. The second-order valence-corrected chi connectivity index (χ2v) is 8.11. The Bertz CT molecular complexity index is 273. The van der Waals surface area contributed by atoms with Gasteiger partial charge in [-0.2, -0.15) is 0 Å². The van der Waals surface area contributed by atoms with Gasteiger partial charge >= 0.3 is 0 Å². The van der Waals surface area contributed by atoms with E-state index in [4.69, 9.17) is 0 Å². The van der Waals surface area contributed by atoms with E-state index in [9.17, 15) is 0 Å². The van der Waals surface area contributed by atoms with Gasteiger partial charge in [0.15, 0.2) is 0 Å². The Hall–Kier alpha value is -0.0800. The van der Waals surface area contributed by atoms with Gasteiger partial charge in [-0.15, -0.1) is 0 Å². The number of hydrogen-bond donors (Lipinski definition) is 1. The summed E-state index contributed by atoms with van der Waals surface area (Å²) in [5, 5.41) is 3.69. The van der Waals surface area contributed by atoms with Crippen LogP contribution in [0.4, 0.5) is 0 Å². The van der Waals surface area contributed by atoms with Crippen LogP contribution < -0.4 is 5.32 Å². The number of nitrogens with zero attached hydrogens (tertiary/aromatic N) is 1. The zero-order valence-corrected chi connectivity index (χ0v) is 13.7. The minimum absolute atomic E-state index is 0.263. The smallest absolute Gasteiger partial charge is 0.0136 e. The Labute approximate surface area is 120 Å². The van der Waals surface area contributed by atoms with E-state index in [0.717, 1.165) is 23.9 Å². The standard InChI is InChI=1S/C17H34N2/c1-13-6-9-15(10-7-13)19(5)16-11-8-14(16)12-18-17(2,3)4/h13-16,18H,6-12H2,1-5H3. The molecule has 2 atom stereocenters.